The molecule has 0 aliphatic heterocycles. The lowest BCUT2D eigenvalue weighted by atomic mass is 9.64. The van der Waals surface area contributed by atoms with E-state index in [9.17, 15) is 5.11 Å². The summed E-state index contributed by atoms with van der Waals surface area (Å²) in [6.45, 7) is 7.26. The fourth-order valence-electron chi connectivity index (χ4n) is 1.94. The number of rotatable bonds is 8. The fraction of sp³-hybridized carbons (Fsp3) is 1.00. The molecule has 0 spiro atoms. The molecule has 16 heavy (non-hydrogen) atoms. The van der Waals surface area contributed by atoms with Crippen LogP contribution in [-0.4, -0.2) is 50.7 Å². The summed E-state index contributed by atoms with van der Waals surface area (Å²) in [4.78, 5) is 0. The second kappa shape index (κ2) is 6.55. The van der Waals surface area contributed by atoms with Gasteiger partial charge in [-0.2, -0.15) is 0 Å². The lowest BCUT2D eigenvalue weighted by Gasteiger charge is -2.49. The van der Waals surface area contributed by atoms with Crippen molar-refractivity contribution in [1.82, 2.24) is 5.32 Å². The molecule has 1 aliphatic rings. The van der Waals surface area contributed by atoms with E-state index < -0.39 is 0 Å². The van der Waals surface area contributed by atoms with E-state index in [1.807, 2.05) is 0 Å². The van der Waals surface area contributed by atoms with Crippen LogP contribution in [0.15, 0.2) is 0 Å². The van der Waals surface area contributed by atoms with Crippen LogP contribution in [0.25, 0.3) is 0 Å². The number of hydrogen-bond donors (Lipinski definition) is 2. The Kier molecular flexibility index (Phi) is 5.69. The lowest BCUT2D eigenvalue weighted by Crippen LogP contribution is -2.60. The molecule has 0 aromatic rings. The molecule has 0 saturated heterocycles. The van der Waals surface area contributed by atoms with Gasteiger partial charge in [0.1, 0.15) is 0 Å². The molecule has 2 atom stereocenters. The van der Waals surface area contributed by atoms with Crippen LogP contribution in [0, 0.1) is 5.41 Å². The standard InChI is InChI=1S/C12H25NO3/c1-12(2)10(9-11(12)14)13-5-4-6-16-8-7-15-3/h10-11,13-14H,4-9H2,1-3H3. The monoisotopic (exact) mass is 231 g/mol. The van der Waals surface area contributed by atoms with Crippen molar-refractivity contribution < 1.29 is 14.6 Å². The number of aliphatic hydroxyl groups is 1. The first kappa shape index (κ1) is 13.9. The summed E-state index contributed by atoms with van der Waals surface area (Å²) in [6, 6.07) is 0.446. The number of ether oxygens (including phenoxy) is 2. The minimum absolute atomic E-state index is 0.0247. The molecule has 2 unspecified atom stereocenters. The normalized spacial score (nSPS) is 27.8. The zero-order valence-electron chi connectivity index (χ0n) is 10.7. The molecule has 0 amide bonds. The minimum atomic E-state index is -0.150. The Bertz CT molecular complexity index is 197. The first-order valence-electron chi connectivity index (χ1n) is 6.07. The summed E-state index contributed by atoms with van der Waals surface area (Å²) in [5.41, 5.74) is 0.0247. The molecule has 0 aromatic carbocycles. The molecule has 2 N–H and O–H groups in total. The molecule has 1 fully saturated rings. The van der Waals surface area contributed by atoms with Crippen LogP contribution in [0.4, 0.5) is 0 Å². The lowest BCUT2D eigenvalue weighted by molar-refractivity contribution is -0.0726. The van der Waals surface area contributed by atoms with Gasteiger partial charge in [-0.05, 0) is 19.4 Å². The maximum Gasteiger partial charge on any atom is 0.0700 e. The maximum absolute atomic E-state index is 9.57. The third-order valence-corrected chi connectivity index (χ3v) is 3.50. The highest BCUT2D eigenvalue weighted by atomic mass is 16.5. The van der Waals surface area contributed by atoms with Gasteiger partial charge in [0, 0.05) is 25.2 Å². The first-order chi connectivity index (χ1) is 7.59. The van der Waals surface area contributed by atoms with E-state index in [0.29, 0.717) is 19.3 Å². The molecule has 1 saturated carbocycles. The summed E-state index contributed by atoms with van der Waals surface area (Å²) < 4.78 is 10.3. The summed E-state index contributed by atoms with van der Waals surface area (Å²) in [5.74, 6) is 0. The summed E-state index contributed by atoms with van der Waals surface area (Å²) in [7, 11) is 1.68. The highest BCUT2D eigenvalue weighted by molar-refractivity contribution is 5.01. The summed E-state index contributed by atoms with van der Waals surface area (Å²) in [6.07, 6.45) is 1.73. The van der Waals surface area contributed by atoms with E-state index in [0.717, 1.165) is 26.0 Å². The molecule has 1 aliphatic carbocycles. The Labute approximate surface area is 98.3 Å². The van der Waals surface area contributed by atoms with Gasteiger partial charge in [0.05, 0.1) is 19.3 Å². The molecule has 4 heteroatoms. The largest absolute Gasteiger partial charge is 0.392 e. The van der Waals surface area contributed by atoms with Gasteiger partial charge >= 0.3 is 0 Å². The molecule has 0 radical (unpaired) electrons. The van der Waals surface area contributed by atoms with Crippen molar-refractivity contribution >= 4 is 0 Å². The zero-order chi connectivity index (χ0) is 12.0. The number of methoxy groups -OCH3 is 1. The fourth-order valence-corrected chi connectivity index (χ4v) is 1.94. The van der Waals surface area contributed by atoms with Crippen molar-refractivity contribution in [1.29, 1.82) is 0 Å². The second-order valence-corrected chi connectivity index (χ2v) is 5.04. The average molecular weight is 231 g/mol. The van der Waals surface area contributed by atoms with E-state index in [2.05, 4.69) is 19.2 Å². The first-order valence-corrected chi connectivity index (χ1v) is 6.07. The van der Waals surface area contributed by atoms with Gasteiger partial charge in [0.25, 0.3) is 0 Å². The molecule has 4 nitrogen and oxygen atoms in total. The zero-order valence-corrected chi connectivity index (χ0v) is 10.7. The topological polar surface area (TPSA) is 50.7 Å². The quantitative estimate of drug-likeness (QED) is 0.606. The van der Waals surface area contributed by atoms with Crippen molar-refractivity contribution in [3.8, 4) is 0 Å². The predicted octanol–water partition coefficient (Wildman–Crippen LogP) is 0.788. The Morgan fingerprint density at radius 3 is 2.62 bits per heavy atom. The number of nitrogens with one attached hydrogen (secondary N) is 1. The minimum Gasteiger partial charge on any atom is -0.392 e. The van der Waals surface area contributed by atoms with Crippen LogP contribution in [0.1, 0.15) is 26.7 Å². The van der Waals surface area contributed by atoms with Crippen LogP contribution >= 0.6 is 0 Å². The smallest absolute Gasteiger partial charge is 0.0700 e. The Morgan fingerprint density at radius 1 is 1.31 bits per heavy atom. The molecule has 0 bridgehead atoms. The SMILES string of the molecule is COCCOCCCNC1CC(O)C1(C)C. The van der Waals surface area contributed by atoms with Gasteiger partial charge < -0.3 is 19.9 Å². The highest BCUT2D eigenvalue weighted by Crippen LogP contribution is 2.40. The van der Waals surface area contributed by atoms with Crippen molar-refractivity contribution in [3.05, 3.63) is 0 Å². The van der Waals surface area contributed by atoms with Crippen LogP contribution in [0.2, 0.25) is 0 Å². The van der Waals surface area contributed by atoms with Gasteiger partial charge in [0.15, 0.2) is 0 Å². The van der Waals surface area contributed by atoms with E-state index in [1.54, 1.807) is 7.11 Å². The van der Waals surface area contributed by atoms with Crippen LogP contribution in [-0.2, 0) is 9.47 Å². The summed E-state index contributed by atoms with van der Waals surface area (Å²) >= 11 is 0. The van der Waals surface area contributed by atoms with Gasteiger partial charge in [-0.3, -0.25) is 0 Å². The van der Waals surface area contributed by atoms with Gasteiger partial charge in [0.2, 0.25) is 0 Å². The van der Waals surface area contributed by atoms with Crippen LogP contribution in [0.5, 0.6) is 0 Å². The Balaban J connectivity index is 1.93. The maximum atomic E-state index is 9.57. The number of hydrogen-bond acceptors (Lipinski definition) is 4. The van der Waals surface area contributed by atoms with Gasteiger partial charge in [-0.25, -0.2) is 0 Å². The molecule has 96 valence electrons. The van der Waals surface area contributed by atoms with Gasteiger partial charge in [-0.1, -0.05) is 13.8 Å². The van der Waals surface area contributed by atoms with Crippen LogP contribution in [0.3, 0.4) is 0 Å². The Hall–Kier alpha value is -0.160. The molecule has 0 aromatic heterocycles. The van der Waals surface area contributed by atoms with Crippen molar-refractivity contribution in [2.75, 3.05) is 33.5 Å². The predicted molar refractivity (Wildman–Crippen MR) is 63.5 cm³/mol. The van der Waals surface area contributed by atoms with E-state index in [1.165, 1.54) is 0 Å². The van der Waals surface area contributed by atoms with Gasteiger partial charge in [-0.15, -0.1) is 0 Å². The van der Waals surface area contributed by atoms with E-state index in [4.69, 9.17) is 9.47 Å². The van der Waals surface area contributed by atoms with Crippen molar-refractivity contribution in [2.45, 2.75) is 38.8 Å². The van der Waals surface area contributed by atoms with E-state index >= 15 is 0 Å². The second-order valence-electron chi connectivity index (χ2n) is 5.04. The average Bonchev–Trinajstić information content (AvgIpc) is 2.26. The summed E-state index contributed by atoms with van der Waals surface area (Å²) in [5, 5.41) is 13.0. The highest BCUT2D eigenvalue weighted by Gasteiger charge is 2.46. The molecular formula is C12H25NO3. The molecule has 0 heterocycles. The van der Waals surface area contributed by atoms with Crippen molar-refractivity contribution in [2.24, 2.45) is 5.41 Å². The third-order valence-electron chi connectivity index (χ3n) is 3.50. The number of aliphatic hydroxyl groups excluding tert-OH is 1. The van der Waals surface area contributed by atoms with E-state index in [-0.39, 0.29) is 11.5 Å². The third kappa shape index (κ3) is 3.70. The Morgan fingerprint density at radius 2 is 2.06 bits per heavy atom. The molecular weight excluding hydrogens is 206 g/mol. The molecule has 1 rings (SSSR count). The van der Waals surface area contributed by atoms with Crippen molar-refractivity contribution in [3.63, 3.8) is 0 Å². The van der Waals surface area contributed by atoms with Crippen LogP contribution < -0.4 is 5.32 Å².